The molecule has 1 aliphatic heterocycles. The summed E-state index contributed by atoms with van der Waals surface area (Å²) in [6.07, 6.45) is 3.64. The number of hydrogen-bond donors (Lipinski definition) is 2. The van der Waals surface area contributed by atoms with E-state index in [1.807, 2.05) is 13.1 Å². The van der Waals surface area contributed by atoms with Gasteiger partial charge in [-0.05, 0) is 12.5 Å². The SMILES string of the molecule is Cc1cnn(CCNC(=O)N2CSCC2C(=O)O)c1. The summed E-state index contributed by atoms with van der Waals surface area (Å²) in [5.74, 6) is -0.0898. The molecule has 0 aromatic carbocycles. The number of nitrogens with one attached hydrogen (secondary N) is 1. The lowest BCUT2D eigenvalue weighted by Crippen LogP contribution is -2.47. The molecule has 1 unspecified atom stereocenters. The van der Waals surface area contributed by atoms with Gasteiger partial charge in [-0.3, -0.25) is 4.68 Å². The molecule has 2 rings (SSSR count). The third-order valence-electron chi connectivity index (χ3n) is 2.81. The van der Waals surface area contributed by atoms with Crippen molar-refractivity contribution >= 4 is 23.8 Å². The highest BCUT2D eigenvalue weighted by atomic mass is 32.2. The second-order valence-electron chi connectivity index (χ2n) is 4.34. The first-order valence-corrected chi connectivity index (χ1v) is 7.07. The highest BCUT2D eigenvalue weighted by Gasteiger charge is 2.34. The third kappa shape index (κ3) is 3.40. The van der Waals surface area contributed by atoms with Crippen molar-refractivity contribution in [2.75, 3.05) is 18.2 Å². The summed E-state index contributed by atoms with van der Waals surface area (Å²) in [6, 6.07) is -1.06. The molecule has 2 heterocycles. The smallest absolute Gasteiger partial charge is 0.327 e. The van der Waals surface area contributed by atoms with E-state index in [-0.39, 0.29) is 6.03 Å². The van der Waals surface area contributed by atoms with E-state index >= 15 is 0 Å². The first kappa shape index (κ1) is 13.7. The Bertz CT molecular complexity index is 476. The summed E-state index contributed by atoms with van der Waals surface area (Å²) in [5.41, 5.74) is 1.06. The van der Waals surface area contributed by atoms with E-state index in [1.165, 1.54) is 16.7 Å². The maximum atomic E-state index is 11.9. The molecular weight excluding hydrogens is 268 g/mol. The number of aliphatic carboxylic acids is 1. The van der Waals surface area contributed by atoms with Gasteiger partial charge in [0, 0.05) is 18.5 Å². The number of carbonyl (C=O) groups excluding carboxylic acids is 1. The number of amides is 2. The molecule has 1 aromatic heterocycles. The van der Waals surface area contributed by atoms with Crippen molar-refractivity contribution in [2.24, 2.45) is 0 Å². The van der Waals surface area contributed by atoms with Crippen LogP contribution in [0.1, 0.15) is 5.56 Å². The molecule has 7 nitrogen and oxygen atoms in total. The van der Waals surface area contributed by atoms with Crippen LogP contribution in [0.2, 0.25) is 0 Å². The molecule has 0 bridgehead atoms. The van der Waals surface area contributed by atoms with Crippen molar-refractivity contribution in [3.05, 3.63) is 18.0 Å². The molecule has 1 aliphatic rings. The Balaban J connectivity index is 1.79. The van der Waals surface area contributed by atoms with Crippen LogP contribution in [0.3, 0.4) is 0 Å². The van der Waals surface area contributed by atoms with Gasteiger partial charge in [0.15, 0.2) is 0 Å². The van der Waals surface area contributed by atoms with E-state index in [0.717, 1.165) is 5.56 Å². The highest BCUT2D eigenvalue weighted by Crippen LogP contribution is 2.20. The number of nitrogens with zero attached hydrogens (tertiary/aromatic N) is 3. The van der Waals surface area contributed by atoms with E-state index in [1.54, 1.807) is 10.9 Å². The number of carboxylic acids is 1. The fourth-order valence-corrected chi connectivity index (χ4v) is 2.96. The quantitative estimate of drug-likeness (QED) is 0.833. The minimum atomic E-state index is -0.956. The van der Waals surface area contributed by atoms with Gasteiger partial charge in [-0.2, -0.15) is 5.10 Å². The van der Waals surface area contributed by atoms with Crippen LogP contribution in [-0.4, -0.2) is 56.0 Å². The molecule has 19 heavy (non-hydrogen) atoms. The number of rotatable bonds is 4. The fourth-order valence-electron chi connectivity index (χ4n) is 1.82. The fraction of sp³-hybridized carbons (Fsp3) is 0.545. The van der Waals surface area contributed by atoms with E-state index in [4.69, 9.17) is 5.11 Å². The molecular formula is C11H16N4O3S. The molecule has 0 aliphatic carbocycles. The van der Waals surface area contributed by atoms with Gasteiger partial charge in [0.2, 0.25) is 0 Å². The maximum absolute atomic E-state index is 11.9. The molecule has 104 valence electrons. The highest BCUT2D eigenvalue weighted by molar-refractivity contribution is 7.99. The molecule has 0 saturated carbocycles. The van der Waals surface area contributed by atoms with Gasteiger partial charge in [0.1, 0.15) is 6.04 Å². The van der Waals surface area contributed by atoms with Crippen LogP contribution in [0, 0.1) is 6.92 Å². The monoisotopic (exact) mass is 284 g/mol. The molecule has 2 amide bonds. The normalized spacial score (nSPS) is 18.6. The molecule has 0 spiro atoms. The van der Waals surface area contributed by atoms with Crippen LogP contribution in [-0.2, 0) is 11.3 Å². The van der Waals surface area contributed by atoms with Crippen molar-refractivity contribution in [3.8, 4) is 0 Å². The number of carbonyl (C=O) groups is 2. The Kier molecular flexibility index (Phi) is 4.31. The van der Waals surface area contributed by atoms with Crippen LogP contribution in [0.25, 0.3) is 0 Å². The Morgan fingerprint density at radius 3 is 3.05 bits per heavy atom. The Morgan fingerprint density at radius 1 is 1.63 bits per heavy atom. The number of aryl methyl sites for hydroxylation is 1. The average molecular weight is 284 g/mol. The van der Waals surface area contributed by atoms with Crippen molar-refractivity contribution in [1.29, 1.82) is 0 Å². The predicted molar refractivity (Wildman–Crippen MR) is 71.0 cm³/mol. The van der Waals surface area contributed by atoms with Gasteiger partial charge in [0.05, 0.1) is 18.6 Å². The van der Waals surface area contributed by atoms with Gasteiger partial charge in [-0.1, -0.05) is 0 Å². The van der Waals surface area contributed by atoms with Gasteiger partial charge in [-0.15, -0.1) is 11.8 Å². The summed E-state index contributed by atoms with van der Waals surface area (Å²) in [6.45, 7) is 2.94. The van der Waals surface area contributed by atoms with Gasteiger partial charge in [-0.25, -0.2) is 9.59 Å². The van der Waals surface area contributed by atoms with Crippen molar-refractivity contribution in [3.63, 3.8) is 0 Å². The molecule has 1 atom stereocenters. The first-order valence-electron chi connectivity index (χ1n) is 5.92. The number of urea groups is 1. The number of hydrogen-bond acceptors (Lipinski definition) is 4. The summed E-state index contributed by atoms with van der Waals surface area (Å²) >= 11 is 1.45. The predicted octanol–water partition coefficient (Wildman–Crippen LogP) is 0.361. The lowest BCUT2D eigenvalue weighted by Gasteiger charge is -2.20. The zero-order valence-electron chi connectivity index (χ0n) is 10.6. The number of carboxylic acid groups (broad SMARTS) is 1. The summed E-state index contributed by atoms with van der Waals surface area (Å²) in [7, 11) is 0. The maximum Gasteiger partial charge on any atom is 0.327 e. The Labute approximate surface area is 115 Å². The zero-order chi connectivity index (χ0) is 13.8. The van der Waals surface area contributed by atoms with Gasteiger partial charge in [0.25, 0.3) is 0 Å². The molecule has 0 radical (unpaired) electrons. The lowest BCUT2D eigenvalue weighted by atomic mass is 10.3. The molecule has 2 N–H and O–H groups in total. The topological polar surface area (TPSA) is 87.5 Å². The largest absolute Gasteiger partial charge is 0.480 e. The Morgan fingerprint density at radius 2 is 2.42 bits per heavy atom. The van der Waals surface area contributed by atoms with Crippen LogP contribution in [0.5, 0.6) is 0 Å². The van der Waals surface area contributed by atoms with Crippen LogP contribution in [0.4, 0.5) is 4.79 Å². The standard InChI is InChI=1S/C11H16N4O3S/c1-8-4-13-14(5-8)3-2-12-11(18)15-7-19-6-9(15)10(16)17/h4-5,9H,2-3,6-7H2,1H3,(H,12,18)(H,16,17). The molecule has 1 fully saturated rings. The Hall–Kier alpha value is -1.70. The summed E-state index contributed by atoms with van der Waals surface area (Å²) < 4.78 is 1.74. The lowest BCUT2D eigenvalue weighted by molar-refractivity contribution is -0.140. The molecule has 1 saturated heterocycles. The number of aromatic nitrogens is 2. The minimum Gasteiger partial charge on any atom is -0.480 e. The van der Waals surface area contributed by atoms with Crippen molar-refractivity contribution in [2.45, 2.75) is 19.5 Å². The average Bonchev–Trinajstić information content (AvgIpc) is 2.97. The van der Waals surface area contributed by atoms with E-state index in [9.17, 15) is 9.59 Å². The van der Waals surface area contributed by atoms with Crippen molar-refractivity contribution < 1.29 is 14.7 Å². The van der Waals surface area contributed by atoms with Gasteiger partial charge < -0.3 is 15.3 Å². The summed E-state index contributed by atoms with van der Waals surface area (Å²) in [5, 5.41) is 15.8. The molecule has 1 aromatic rings. The van der Waals surface area contributed by atoms with Crippen molar-refractivity contribution in [1.82, 2.24) is 20.0 Å². The van der Waals surface area contributed by atoms with Gasteiger partial charge >= 0.3 is 12.0 Å². The zero-order valence-corrected chi connectivity index (χ0v) is 11.4. The van der Waals surface area contributed by atoms with E-state index in [2.05, 4.69) is 10.4 Å². The van der Waals surface area contributed by atoms with Crippen LogP contribution in [0.15, 0.2) is 12.4 Å². The second-order valence-corrected chi connectivity index (χ2v) is 5.34. The molecule has 8 heteroatoms. The van der Waals surface area contributed by atoms with Crippen LogP contribution < -0.4 is 5.32 Å². The van der Waals surface area contributed by atoms with E-state index < -0.39 is 12.0 Å². The number of thioether (sulfide) groups is 1. The first-order chi connectivity index (χ1) is 9.08. The minimum absolute atomic E-state index is 0.332. The van der Waals surface area contributed by atoms with E-state index in [0.29, 0.717) is 24.7 Å². The summed E-state index contributed by atoms with van der Waals surface area (Å²) in [4.78, 5) is 24.2. The second kappa shape index (κ2) is 5.96. The third-order valence-corrected chi connectivity index (χ3v) is 3.82. The van der Waals surface area contributed by atoms with Crippen LogP contribution >= 0.6 is 11.8 Å².